The smallest absolute Gasteiger partial charge is 0.203 e. The lowest BCUT2D eigenvalue weighted by Crippen LogP contribution is -2.34. The van der Waals surface area contributed by atoms with Gasteiger partial charge in [-0.2, -0.15) is 0 Å². The van der Waals surface area contributed by atoms with Crippen LogP contribution in [0.4, 0.5) is 16.6 Å². The Kier molecular flexibility index (Phi) is 3.68. The molecule has 1 fully saturated rings. The average molecular weight is 290 g/mol. The van der Waals surface area contributed by atoms with Crippen LogP contribution in [0.3, 0.4) is 0 Å². The molecule has 6 nitrogen and oxygen atoms in total. The molecule has 3 heterocycles. The third kappa shape index (κ3) is 2.67. The van der Waals surface area contributed by atoms with Gasteiger partial charge in [-0.3, -0.25) is 0 Å². The van der Waals surface area contributed by atoms with Crippen molar-refractivity contribution in [2.24, 2.45) is 0 Å². The molecular weight excluding hydrogens is 272 g/mol. The van der Waals surface area contributed by atoms with Crippen LogP contribution in [0.15, 0.2) is 18.3 Å². The minimum Gasteiger partial charge on any atom is -0.374 e. The van der Waals surface area contributed by atoms with E-state index in [0.29, 0.717) is 11.0 Å². The summed E-state index contributed by atoms with van der Waals surface area (Å²) in [4.78, 5) is 6.74. The van der Waals surface area contributed by atoms with Gasteiger partial charge in [0.2, 0.25) is 5.13 Å². The first-order chi connectivity index (χ1) is 9.76. The quantitative estimate of drug-likeness (QED) is 0.899. The number of anilines is 3. The van der Waals surface area contributed by atoms with E-state index in [-0.39, 0.29) is 0 Å². The number of hydrogen-bond acceptors (Lipinski definition) is 7. The van der Waals surface area contributed by atoms with Gasteiger partial charge in [0.15, 0.2) is 0 Å². The number of rotatable bonds is 3. The van der Waals surface area contributed by atoms with Crippen molar-refractivity contribution >= 4 is 28.0 Å². The molecule has 1 atom stereocenters. The molecule has 0 saturated carbocycles. The normalized spacial score (nSPS) is 19.1. The summed E-state index contributed by atoms with van der Waals surface area (Å²) in [6.45, 7) is 2.01. The summed E-state index contributed by atoms with van der Waals surface area (Å²) in [5.41, 5.74) is 6.84. The highest BCUT2D eigenvalue weighted by Gasteiger charge is 2.24. The van der Waals surface area contributed by atoms with E-state index in [1.54, 1.807) is 0 Å². The number of nitrogens with zero attached hydrogens (tertiary/aromatic N) is 4. The molecule has 3 N–H and O–H groups in total. The highest BCUT2D eigenvalue weighted by atomic mass is 32.1. The van der Waals surface area contributed by atoms with Crippen LogP contribution in [0.2, 0.25) is 0 Å². The molecule has 2 aromatic rings. The third-order valence-electron chi connectivity index (χ3n) is 3.60. The number of aromatic nitrogens is 3. The SMILES string of the molecule is CNc1ccc(N2CCCC(c3nnc(N)s3)C2)cn1. The molecule has 1 saturated heterocycles. The predicted octanol–water partition coefficient (Wildman–Crippen LogP) is 1.94. The summed E-state index contributed by atoms with van der Waals surface area (Å²) >= 11 is 1.50. The lowest BCUT2D eigenvalue weighted by atomic mass is 9.98. The first-order valence-corrected chi connectivity index (χ1v) is 7.55. The maximum atomic E-state index is 5.68. The Balaban J connectivity index is 1.74. The summed E-state index contributed by atoms with van der Waals surface area (Å²) in [7, 11) is 1.87. The van der Waals surface area contributed by atoms with Gasteiger partial charge in [0.25, 0.3) is 0 Å². The van der Waals surface area contributed by atoms with Crippen LogP contribution in [-0.4, -0.2) is 35.3 Å². The van der Waals surface area contributed by atoms with Crippen molar-refractivity contribution in [2.75, 3.05) is 36.1 Å². The number of pyridine rings is 1. The van der Waals surface area contributed by atoms with E-state index in [1.165, 1.54) is 11.3 Å². The molecule has 1 unspecified atom stereocenters. The molecular formula is C13H18N6S. The van der Waals surface area contributed by atoms with E-state index in [9.17, 15) is 0 Å². The second-order valence-corrected chi connectivity index (χ2v) is 5.96. The molecule has 106 valence electrons. The molecule has 1 aliphatic rings. The molecule has 0 aliphatic carbocycles. The number of nitrogen functional groups attached to an aromatic ring is 1. The molecule has 20 heavy (non-hydrogen) atoms. The first kappa shape index (κ1) is 13.1. The maximum Gasteiger partial charge on any atom is 0.203 e. The molecule has 7 heteroatoms. The van der Waals surface area contributed by atoms with Gasteiger partial charge in [0.1, 0.15) is 10.8 Å². The van der Waals surface area contributed by atoms with Gasteiger partial charge in [-0.25, -0.2) is 4.98 Å². The van der Waals surface area contributed by atoms with Gasteiger partial charge >= 0.3 is 0 Å². The van der Waals surface area contributed by atoms with Crippen molar-refractivity contribution in [3.63, 3.8) is 0 Å². The summed E-state index contributed by atoms with van der Waals surface area (Å²) in [5.74, 6) is 1.31. The molecule has 0 amide bonds. The van der Waals surface area contributed by atoms with Gasteiger partial charge in [-0.05, 0) is 25.0 Å². The Bertz CT molecular complexity index is 566. The number of nitrogens with one attached hydrogen (secondary N) is 1. The van der Waals surface area contributed by atoms with Gasteiger partial charge in [-0.1, -0.05) is 11.3 Å². The van der Waals surface area contributed by atoms with E-state index in [4.69, 9.17) is 5.73 Å². The van der Waals surface area contributed by atoms with Crippen LogP contribution in [0.5, 0.6) is 0 Å². The summed E-state index contributed by atoms with van der Waals surface area (Å²) in [6.07, 6.45) is 4.22. The third-order valence-corrected chi connectivity index (χ3v) is 4.51. The van der Waals surface area contributed by atoms with Crippen LogP contribution in [-0.2, 0) is 0 Å². The zero-order valence-corrected chi connectivity index (χ0v) is 12.2. The molecule has 2 aromatic heterocycles. The largest absolute Gasteiger partial charge is 0.374 e. The van der Waals surface area contributed by atoms with Gasteiger partial charge < -0.3 is 16.0 Å². The van der Waals surface area contributed by atoms with Crippen molar-refractivity contribution in [3.8, 4) is 0 Å². The zero-order chi connectivity index (χ0) is 13.9. The number of nitrogens with two attached hydrogens (primary N) is 1. The summed E-state index contributed by atoms with van der Waals surface area (Å²) in [6, 6.07) is 4.11. The number of hydrogen-bond donors (Lipinski definition) is 2. The van der Waals surface area contributed by atoms with Crippen LogP contribution in [0.25, 0.3) is 0 Å². The van der Waals surface area contributed by atoms with E-state index in [1.807, 2.05) is 19.3 Å². The molecule has 0 radical (unpaired) electrons. The lowest BCUT2D eigenvalue weighted by molar-refractivity contribution is 0.506. The van der Waals surface area contributed by atoms with Crippen molar-refractivity contribution in [2.45, 2.75) is 18.8 Å². The molecule has 3 rings (SSSR count). The first-order valence-electron chi connectivity index (χ1n) is 6.74. The lowest BCUT2D eigenvalue weighted by Gasteiger charge is -2.33. The predicted molar refractivity (Wildman–Crippen MR) is 82.3 cm³/mol. The fourth-order valence-electron chi connectivity index (χ4n) is 2.55. The van der Waals surface area contributed by atoms with Gasteiger partial charge in [0.05, 0.1) is 11.9 Å². The second kappa shape index (κ2) is 5.62. The Hall–Kier alpha value is -1.89. The second-order valence-electron chi connectivity index (χ2n) is 4.92. The van der Waals surface area contributed by atoms with E-state index in [2.05, 4.69) is 31.5 Å². The van der Waals surface area contributed by atoms with Crippen molar-refractivity contribution in [1.82, 2.24) is 15.2 Å². The minimum atomic E-state index is 0.419. The van der Waals surface area contributed by atoms with Crippen LogP contribution >= 0.6 is 11.3 Å². The van der Waals surface area contributed by atoms with E-state index < -0.39 is 0 Å². The highest BCUT2D eigenvalue weighted by molar-refractivity contribution is 7.15. The van der Waals surface area contributed by atoms with Crippen molar-refractivity contribution in [1.29, 1.82) is 0 Å². The molecule has 1 aliphatic heterocycles. The highest BCUT2D eigenvalue weighted by Crippen LogP contribution is 2.31. The van der Waals surface area contributed by atoms with Crippen LogP contribution < -0.4 is 16.0 Å². The maximum absolute atomic E-state index is 5.68. The Morgan fingerprint density at radius 1 is 1.40 bits per heavy atom. The molecule has 0 bridgehead atoms. The molecule has 0 spiro atoms. The minimum absolute atomic E-state index is 0.419. The van der Waals surface area contributed by atoms with Crippen LogP contribution in [0, 0.1) is 0 Å². The van der Waals surface area contributed by atoms with Gasteiger partial charge in [-0.15, -0.1) is 10.2 Å². The fourth-order valence-corrected chi connectivity index (χ4v) is 3.28. The molecule has 0 aromatic carbocycles. The summed E-state index contributed by atoms with van der Waals surface area (Å²) < 4.78 is 0. The van der Waals surface area contributed by atoms with Crippen molar-refractivity contribution < 1.29 is 0 Å². The Morgan fingerprint density at radius 3 is 2.95 bits per heavy atom. The van der Waals surface area contributed by atoms with Gasteiger partial charge in [0, 0.05) is 26.1 Å². The topological polar surface area (TPSA) is 80.0 Å². The van der Waals surface area contributed by atoms with E-state index >= 15 is 0 Å². The Morgan fingerprint density at radius 2 is 2.30 bits per heavy atom. The summed E-state index contributed by atoms with van der Waals surface area (Å²) in [5, 5.41) is 12.7. The Labute approximate surface area is 122 Å². The average Bonchev–Trinajstić information content (AvgIpc) is 2.94. The number of piperidine rings is 1. The standard InChI is InChI=1S/C13H18N6S/c1-15-11-5-4-10(7-16-11)19-6-2-3-9(8-19)12-17-18-13(14)20-12/h4-5,7,9H,2-3,6,8H2,1H3,(H2,14,18)(H,15,16). The monoisotopic (exact) mass is 290 g/mol. The fraction of sp³-hybridized carbons (Fsp3) is 0.462. The van der Waals surface area contributed by atoms with E-state index in [0.717, 1.165) is 42.4 Å². The van der Waals surface area contributed by atoms with Crippen molar-refractivity contribution in [3.05, 3.63) is 23.3 Å². The zero-order valence-electron chi connectivity index (χ0n) is 11.4. The van der Waals surface area contributed by atoms with Crippen LogP contribution in [0.1, 0.15) is 23.8 Å².